The molecule has 2 atom stereocenters. The zero-order valence-electron chi connectivity index (χ0n) is 17.5. The van der Waals surface area contributed by atoms with E-state index in [0.29, 0.717) is 5.69 Å². The van der Waals surface area contributed by atoms with Crippen molar-refractivity contribution in [2.75, 3.05) is 11.9 Å². The SMILES string of the molecule is CCOC(=O)C(=C=N)C(c1ccccc1F)C(C(=O)Nc1ccccc1)[n+]1ccccc1. The number of aromatic nitrogens is 1. The fourth-order valence-corrected chi connectivity index (χ4v) is 3.47. The first-order valence-electron chi connectivity index (χ1n) is 10.1. The Morgan fingerprint density at radius 1 is 1.03 bits per heavy atom. The molecular formula is C25H23FN3O3+. The van der Waals surface area contributed by atoms with Crippen molar-refractivity contribution in [3.63, 3.8) is 0 Å². The van der Waals surface area contributed by atoms with Gasteiger partial charge in [-0.3, -0.25) is 10.2 Å². The van der Waals surface area contributed by atoms with E-state index in [-0.39, 0.29) is 17.7 Å². The van der Waals surface area contributed by atoms with Crippen LogP contribution in [0.15, 0.2) is 90.8 Å². The Morgan fingerprint density at radius 2 is 1.66 bits per heavy atom. The molecule has 3 rings (SSSR count). The molecule has 0 fully saturated rings. The molecule has 0 aliphatic rings. The van der Waals surface area contributed by atoms with Crippen LogP contribution in [0, 0.1) is 11.2 Å². The van der Waals surface area contributed by atoms with Crippen molar-refractivity contribution < 1.29 is 23.3 Å². The van der Waals surface area contributed by atoms with Gasteiger partial charge in [-0.1, -0.05) is 42.5 Å². The van der Waals surface area contributed by atoms with Crippen LogP contribution in [0.4, 0.5) is 10.1 Å². The topological polar surface area (TPSA) is 83.1 Å². The zero-order valence-corrected chi connectivity index (χ0v) is 17.5. The van der Waals surface area contributed by atoms with Gasteiger partial charge in [0.1, 0.15) is 11.4 Å². The van der Waals surface area contributed by atoms with E-state index in [2.05, 4.69) is 11.2 Å². The minimum atomic E-state index is -1.16. The number of anilines is 1. The molecule has 1 heterocycles. The number of para-hydroxylation sites is 1. The Labute approximate surface area is 185 Å². The predicted octanol–water partition coefficient (Wildman–Crippen LogP) is 3.81. The van der Waals surface area contributed by atoms with Gasteiger partial charge < -0.3 is 10.1 Å². The van der Waals surface area contributed by atoms with Gasteiger partial charge in [0.15, 0.2) is 12.4 Å². The van der Waals surface area contributed by atoms with Crippen LogP contribution in [-0.2, 0) is 14.3 Å². The van der Waals surface area contributed by atoms with Crippen LogP contribution < -0.4 is 9.88 Å². The fraction of sp³-hybridized carbons (Fsp3) is 0.160. The summed E-state index contributed by atoms with van der Waals surface area (Å²) in [5.41, 5.74) is 0.379. The Morgan fingerprint density at radius 3 is 2.28 bits per heavy atom. The van der Waals surface area contributed by atoms with Crippen molar-refractivity contribution in [1.29, 1.82) is 5.41 Å². The molecule has 0 spiro atoms. The number of benzene rings is 2. The number of pyridine rings is 1. The van der Waals surface area contributed by atoms with Crippen LogP contribution in [0.5, 0.6) is 0 Å². The van der Waals surface area contributed by atoms with Gasteiger partial charge in [0.05, 0.1) is 12.5 Å². The molecule has 7 heteroatoms. The first-order chi connectivity index (χ1) is 15.6. The Bertz CT molecular complexity index is 1130. The second kappa shape index (κ2) is 10.8. The maximum absolute atomic E-state index is 15.0. The number of halogens is 1. The van der Waals surface area contributed by atoms with Gasteiger partial charge in [-0.25, -0.2) is 9.18 Å². The molecular weight excluding hydrogens is 409 g/mol. The average Bonchev–Trinajstić information content (AvgIpc) is 2.81. The minimum absolute atomic E-state index is 0.0629. The summed E-state index contributed by atoms with van der Waals surface area (Å²) >= 11 is 0. The highest BCUT2D eigenvalue weighted by atomic mass is 19.1. The molecule has 0 bridgehead atoms. The number of ether oxygens (including phenoxy) is 1. The Kier molecular flexibility index (Phi) is 7.62. The lowest BCUT2D eigenvalue weighted by Gasteiger charge is -2.23. The van der Waals surface area contributed by atoms with Crippen molar-refractivity contribution in [2.45, 2.75) is 18.9 Å². The summed E-state index contributed by atoms with van der Waals surface area (Å²) in [6, 6.07) is 18.8. The molecule has 162 valence electrons. The third kappa shape index (κ3) is 5.14. The van der Waals surface area contributed by atoms with Crippen LogP contribution >= 0.6 is 0 Å². The molecule has 0 saturated heterocycles. The average molecular weight is 432 g/mol. The van der Waals surface area contributed by atoms with Gasteiger partial charge in [0, 0.05) is 23.4 Å². The molecule has 2 N–H and O–H groups in total. The number of esters is 1. The fourth-order valence-electron chi connectivity index (χ4n) is 3.47. The molecule has 0 aliphatic carbocycles. The van der Waals surface area contributed by atoms with E-state index in [1.807, 2.05) is 6.07 Å². The Hall–Kier alpha value is -4.09. The molecule has 0 saturated carbocycles. The van der Waals surface area contributed by atoms with Crippen molar-refractivity contribution >= 4 is 23.4 Å². The van der Waals surface area contributed by atoms with Gasteiger partial charge in [0.25, 0.3) is 5.91 Å². The number of nitrogens with zero attached hydrogens (tertiary/aromatic N) is 1. The third-order valence-corrected chi connectivity index (χ3v) is 4.87. The lowest BCUT2D eigenvalue weighted by atomic mass is 9.83. The highest BCUT2D eigenvalue weighted by molar-refractivity contribution is 6.01. The van der Waals surface area contributed by atoms with Crippen LogP contribution in [-0.4, -0.2) is 24.4 Å². The van der Waals surface area contributed by atoms with Crippen LogP contribution in [0.3, 0.4) is 0 Å². The van der Waals surface area contributed by atoms with Gasteiger partial charge in [-0.05, 0) is 31.0 Å². The molecule has 0 radical (unpaired) electrons. The summed E-state index contributed by atoms with van der Waals surface area (Å²) in [6.07, 6.45) is 3.30. The lowest BCUT2D eigenvalue weighted by Crippen LogP contribution is -2.50. The normalized spacial score (nSPS) is 12.2. The zero-order chi connectivity index (χ0) is 22.9. The Balaban J connectivity index is 2.19. The number of amides is 1. The van der Waals surface area contributed by atoms with E-state index in [1.54, 1.807) is 72.4 Å². The molecule has 1 aromatic heterocycles. The molecule has 0 aliphatic heterocycles. The second-order valence-electron chi connectivity index (χ2n) is 6.88. The summed E-state index contributed by atoms with van der Waals surface area (Å²) in [5.74, 6) is -0.974. The van der Waals surface area contributed by atoms with Gasteiger partial charge in [0.2, 0.25) is 6.04 Å². The summed E-state index contributed by atoms with van der Waals surface area (Å²) < 4.78 is 21.6. The van der Waals surface area contributed by atoms with Crippen LogP contribution in [0.25, 0.3) is 0 Å². The highest BCUT2D eigenvalue weighted by Gasteiger charge is 2.44. The lowest BCUT2D eigenvalue weighted by molar-refractivity contribution is -0.710. The first-order valence-corrected chi connectivity index (χ1v) is 10.1. The number of carbonyl (C=O) groups excluding carboxylic acids is 2. The first kappa shape index (κ1) is 22.6. The second-order valence-corrected chi connectivity index (χ2v) is 6.88. The summed E-state index contributed by atoms with van der Waals surface area (Å²) in [6.45, 7) is 1.69. The van der Waals surface area contributed by atoms with E-state index in [0.717, 1.165) is 0 Å². The van der Waals surface area contributed by atoms with Crippen molar-refractivity contribution in [3.05, 3.63) is 102 Å². The van der Waals surface area contributed by atoms with E-state index in [9.17, 15) is 14.0 Å². The monoisotopic (exact) mass is 432 g/mol. The predicted molar refractivity (Wildman–Crippen MR) is 118 cm³/mol. The van der Waals surface area contributed by atoms with E-state index >= 15 is 0 Å². The molecule has 6 nitrogen and oxygen atoms in total. The van der Waals surface area contributed by atoms with Gasteiger partial charge >= 0.3 is 5.97 Å². The maximum Gasteiger partial charge on any atom is 0.344 e. The summed E-state index contributed by atoms with van der Waals surface area (Å²) in [5, 5.41) is 10.6. The maximum atomic E-state index is 15.0. The molecule has 2 unspecified atom stereocenters. The highest BCUT2D eigenvalue weighted by Crippen LogP contribution is 2.34. The van der Waals surface area contributed by atoms with Crippen LogP contribution in [0.1, 0.15) is 24.4 Å². The van der Waals surface area contributed by atoms with Crippen molar-refractivity contribution in [1.82, 2.24) is 0 Å². The number of nitrogens with one attached hydrogen (secondary N) is 2. The molecule has 2 aromatic carbocycles. The molecule has 1 amide bonds. The molecule has 3 aromatic rings. The number of hydrogen-bond donors (Lipinski definition) is 2. The standard InChI is InChI=1S/C25H22FN3O3/c1-2-32-25(31)20(17-27)22(19-13-7-8-14-21(19)26)23(29-15-9-4-10-16-29)24(30)28-18-11-5-3-6-12-18/h3-16,22-23,27H,2H2,1H3/p+1. The smallest absolute Gasteiger partial charge is 0.344 e. The minimum Gasteiger partial charge on any atom is -0.462 e. The van der Waals surface area contributed by atoms with E-state index < -0.39 is 29.7 Å². The quantitative estimate of drug-likeness (QED) is 0.246. The number of rotatable bonds is 8. The van der Waals surface area contributed by atoms with Crippen LogP contribution in [0.2, 0.25) is 0 Å². The van der Waals surface area contributed by atoms with Gasteiger partial charge in [-0.2, -0.15) is 4.57 Å². The largest absolute Gasteiger partial charge is 0.462 e. The third-order valence-electron chi connectivity index (χ3n) is 4.87. The molecule has 32 heavy (non-hydrogen) atoms. The van der Waals surface area contributed by atoms with E-state index in [1.165, 1.54) is 18.2 Å². The number of carbonyl (C=O) groups is 2. The number of hydrogen-bond acceptors (Lipinski definition) is 4. The van der Waals surface area contributed by atoms with Crippen molar-refractivity contribution in [3.8, 4) is 0 Å². The summed E-state index contributed by atoms with van der Waals surface area (Å²) in [4.78, 5) is 26.2. The van der Waals surface area contributed by atoms with Gasteiger partial charge in [-0.15, -0.1) is 0 Å². The van der Waals surface area contributed by atoms with E-state index in [4.69, 9.17) is 10.1 Å². The van der Waals surface area contributed by atoms with Crippen molar-refractivity contribution in [2.24, 2.45) is 0 Å². The summed E-state index contributed by atoms with van der Waals surface area (Å²) in [7, 11) is 0.